The third-order valence-corrected chi connectivity index (χ3v) is 3.68. The predicted molar refractivity (Wildman–Crippen MR) is 88.5 cm³/mol. The van der Waals surface area contributed by atoms with E-state index in [0.717, 1.165) is 12.0 Å². The number of aryl methyl sites for hydroxylation is 2. The van der Waals surface area contributed by atoms with Gasteiger partial charge in [0.1, 0.15) is 0 Å². The Balaban J connectivity index is 1.91. The van der Waals surface area contributed by atoms with Crippen LogP contribution in [-0.2, 0) is 11.2 Å². The number of hydrogen-bond donors (Lipinski definition) is 2. The van der Waals surface area contributed by atoms with E-state index in [0.29, 0.717) is 12.8 Å². The number of carbonyl (C=O) groups excluding carboxylic acids is 1. The van der Waals surface area contributed by atoms with Crippen LogP contribution in [0.3, 0.4) is 0 Å². The quantitative estimate of drug-likeness (QED) is 0.824. The Morgan fingerprint density at radius 1 is 1.14 bits per heavy atom. The molecule has 116 valence electrons. The van der Waals surface area contributed by atoms with Crippen molar-refractivity contribution in [3.8, 4) is 0 Å². The minimum Gasteiger partial charge on any atom is -0.396 e. The molecule has 22 heavy (non-hydrogen) atoms. The van der Waals surface area contributed by atoms with Crippen molar-refractivity contribution >= 4 is 5.91 Å². The highest BCUT2D eigenvalue weighted by molar-refractivity contribution is 5.76. The average Bonchev–Trinajstić information content (AvgIpc) is 2.53. The number of aliphatic hydroxyl groups excluding tert-OH is 1. The largest absolute Gasteiger partial charge is 0.396 e. The molecule has 1 atom stereocenters. The molecule has 0 aliphatic rings. The summed E-state index contributed by atoms with van der Waals surface area (Å²) in [7, 11) is 0. The minimum atomic E-state index is -0.129. The molecule has 2 rings (SSSR count). The normalized spacial score (nSPS) is 11.9. The highest BCUT2D eigenvalue weighted by Gasteiger charge is 2.13. The molecule has 0 bridgehead atoms. The van der Waals surface area contributed by atoms with Crippen LogP contribution in [0.2, 0.25) is 0 Å². The molecule has 1 unspecified atom stereocenters. The summed E-state index contributed by atoms with van der Waals surface area (Å²) in [5.41, 5.74) is 3.41. The monoisotopic (exact) mass is 297 g/mol. The molecular weight excluding hydrogens is 274 g/mol. The Bertz CT molecular complexity index is 595. The average molecular weight is 297 g/mol. The molecule has 0 saturated heterocycles. The Kier molecular flexibility index (Phi) is 6.16. The molecule has 0 aromatic heterocycles. The smallest absolute Gasteiger partial charge is 0.220 e. The number of aliphatic hydroxyl groups is 1. The molecular formula is C19H23NO2. The molecule has 1 amide bonds. The van der Waals surface area contributed by atoms with Gasteiger partial charge in [0, 0.05) is 13.0 Å². The second-order valence-electron chi connectivity index (χ2n) is 5.53. The molecule has 0 aliphatic heterocycles. The van der Waals surface area contributed by atoms with Crippen molar-refractivity contribution in [3.63, 3.8) is 0 Å². The van der Waals surface area contributed by atoms with Crippen LogP contribution >= 0.6 is 0 Å². The maximum atomic E-state index is 12.2. The fourth-order valence-corrected chi connectivity index (χ4v) is 2.53. The van der Waals surface area contributed by atoms with Gasteiger partial charge >= 0.3 is 0 Å². The van der Waals surface area contributed by atoms with Crippen LogP contribution in [-0.4, -0.2) is 17.6 Å². The number of carbonyl (C=O) groups is 1. The lowest BCUT2D eigenvalue weighted by molar-refractivity contribution is -0.121. The van der Waals surface area contributed by atoms with Crippen LogP contribution in [0.5, 0.6) is 0 Å². The fourth-order valence-electron chi connectivity index (χ4n) is 2.53. The molecule has 0 spiro atoms. The Morgan fingerprint density at radius 2 is 1.91 bits per heavy atom. The van der Waals surface area contributed by atoms with E-state index in [4.69, 9.17) is 0 Å². The topological polar surface area (TPSA) is 49.3 Å². The van der Waals surface area contributed by atoms with Crippen molar-refractivity contribution in [3.05, 3.63) is 71.3 Å². The summed E-state index contributed by atoms with van der Waals surface area (Å²) in [4.78, 5) is 12.2. The van der Waals surface area contributed by atoms with E-state index in [1.54, 1.807) is 0 Å². The Labute approximate surface area is 132 Å². The van der Waals surface area contributed by atoms with E-state index in [-0.39, 0.29) is 18.6 Å². The summed E-state index contributed by atoms with van der Waals surface area (Å²) in [6, 6.07) is 17.9. The SMILES string of the molecule is Cc1cccc(CCC(=O)NC(CCO)c2ccccc2)c1. The second kappa shape index (κ2) is 8.35. The maximum Gasteiger partial charge on any atom is 0.220 e. The molecule has 2 aromatic rings. The molecule has 0 heterocycles. The predicted octanol–water partition coefficient (Wildman–Crippen LogP) is 3.17. The standard InChI is InChI=1S/C19H23NO2/c1-15-6-5-7-16(14-15)10-11-19(22)20-18(12-13-21)17-8-3-2-4-9-17/h2-9,14,18,21H,10-13H2,1H3,(H,20,22). The summed E-state index contributed by atoms with van der Waals surface area (Å²) in [5.74, 6) is 0.0174. The van der Waals surface area contributed by atoms with Crippen molar-refractivity contribution < 1.29 is 9.90 Å². The lowest BCUT2D eigenvalue weighted by atomic mass is 10.0. The van der Waals surface area contributed by atoms with Crippen LogP contribution in [0.4, 0.5) is 0 Å². The second-order valence-corrected chi connectivity index (χ2v) is 5.53. The molecule has 0 fully saturated rings. The van der Waals surface area contributed by atoms with E-state index in [2.05, 4.69) is 24.4 Å². The van der Waals surface area contributed by atoms with Gasteiger partial charge in [-0.15, -0.1) is 0 Å². The van der Waals surface area contributed by atoms with Gasteiger partial charge in [-0.05, 0) is 30.9 Å². The lowest BCUT2D eigenvalue weighted by Crippen LogP contribution is -2.29. The molecule has 3 heteroatoms. The van der Waals surface area contributed by atoms with Crippen molar-refractivity contribution in [1.29, 1.82) is 0 Å². The van der Waals surface area contributed by atoms with E-state index >= 15 is 0 Å². The fraction of sp³-hybridized carbons (Fsp3) is 0.316. The third-order valence-electron chi connectivity index (χ3n) is 3.68. The van der Waals surface area contributed by atoms with E-state index in [1.807, 2.05) is 42.5 Å². The lowest BCUT2D eigenvalue weighted by Gasteiger charge is -2.18. The van der Waals surface area contributed by atoms with E-state index in [1.165, 1.54) is 11.1 Å². The number of benzene rings is 2. The first-order valence-corrected chi connectivity index (χ1v) is 7.70. The van der Waals surface area contributed by atoms with Crippen LogP contribution in [0.1, 0.15) is 35.6 Å². The zero-order valence-corrected chi connectivity index (χ0v) is 13.0. The van der Waals surface area contributed by atoms with Crippen LogP contribution in [0.15, 0.2) is 54.6 Å². The number of amides is 1. The van der Waals surface area contributed by atoms with Crippen LogP contribution < -0.4 is 5.32 Å². The number of nitrogens with one attached hydrogen (secondary N) is 1. The Hall–Kier alpha value is -2.13. The molecule has 3 nitrogen and oxygen atoms in total. The molecule has 2 N–H and O–H groups in total. The van der Waals surface area contributed by atoms with Crippen molar-refractivity contribution in [2.24, 2.45) is 0 Å². The molecule has 0 radical (unpaired) electrons. The van der Waals surface area contributed by atoms with Gasteiger partial charge in [-0.3, -0.25) is 4.79 Å². The summed E-state index contributed by atoms with van der Waals surface area (Å²) in [6.45, 7) is 2.11. The maximum absolute atomic E-state index is 12.2. The first kappa shape index (κ1) is 16.2. The molecule has 2 aromatic carbocycles. The highest BCUT2D eigenvalue weighted by Crippen LogP contribution is 2.16. The molecule has 0 aliphatic carbocycles. The zero-order valence-electron chi connectivity index (χ0n) is 13.0. The number of hydrogen-bond acceptors (Lipinski definition) is 2. The van der Waals surface area contributed by atoms with Crippen LogP contribution in [0.25, 0.3) is 0 Å². The Morgan fingerprint density at radius 3 is 2.59 bits per heavy atom. The summed E-state index contributed by atoms with van der Waals surface area (Å²) < 4.78 is 0. The van der Waals surface area contributed by atoms with E-state index in [9.17, 15) is 9.90 Å². The summed E-state index contributed by atoms with van der Waals surface area (Å²) in [6.07, 6.45) is 1.71. The van der Waals surface area contributed by atoms with Crippen molar-refractivity contribution in [1.82, 2.24) is 5.32 Å². The summed E-state index contributed by atoms with van der Waals surface area (Å²) >= 11 is 0. The highest BCUT2D eigenvalue weighted by atomic mass is 16.3. The van der Waals surface area contributed by atoms with Gasteiger partial charge in [-0.25, -0.2) is 0 Å². The van der Waals surface area contributed by atoms with Gasteiger partial charge in [0.25, 0.3) is 0 Å². The summed E-state index contributed by atoms with van der Waals surface area (Å²) in [5, 5.41) is 12.2. The van der Waals surface area contributed by atoms with Crippen molar-refractivity contribution in [2.45, 2.75) is 32.2 Å². The first-order valence-electron chi connectivity index (χ1n) is 7.70. The van der Waals surface area contributed by atoms with Gasteiger partial charge in [0.15, 0.2) is 0 Å². The minimum absolute atomic E-state index is 0.0174. The van der Waals surface area contributed by atoms with Gasteiger partial charge < -0.3 is 10.4 Å². The van der Waals surface area contributed by atoms with Gasteiger partial charge in [0.2, 0.25) is 5.91 Å². The number of rotatable bonds is 7. The third kappa shape index (κ3) is 5.01. The molecule has 0 saturated carbocycles. The van der Waals surface area contributed by atoms with Gasteiger partial charge in [-0.2, -0.15) is 0 Å². The zero-order chi connectivity index (χ0) is 15.8. The first-order chi connectivity index (χ1) is 10.7. The van der Waals surface area contributed by atoms with E-state index < -0.39 is 0 Å². The van der Waals surface area contributed by atoms with Gasteiger partial charge in [0.05, 0.1) is 6.04 Å². The van der Waals surface area contributed by atoms with Crippen molar-refractivity contribution in [2.75, 3.05) is 6.61 Å². The van der Waals surface area contributed by atoms with Crippen LogP contribution in [0, 0.1) is 6.92 Å². The van der Waals surface area contributed by atoms with Gasteiger partial charge in [-0.1, -0.05) is 60.2 Å².